The van der Waals surface area contributed by atoms with E-state index in [1.807, 2.05) is 6.92 Å². The van der Waals surface area contributed by atoms with Crippen LogP contribution in [0.2, 0.25) is 0 Å². The van der Waals surface area contributed by atoms with Gasteiger partial charge in [0.25, 0.3) is 5.91 Å². The lowest BCUT2D eigenvalue weighted by Crippen LogP contribution is -2.32. The van der Waals surface area contributed by atoms with Crippen molar-refractivity contribution in [3.63, 3.8) is 0 Å². The maximum Gasteiger partial charge on any atom is 0.254 e. The molecule has 1 aromatic rings. The van der Waals surface area contributed by atoms with Gasteiger partial charge in [0.1, 0.15) is 11.6 Å². The first-order valence-corrected chi connectivity index (χ1v) is 5.01. The first kappa shape index (κ1) is 12.4. The van der Waals surface area contributed by atoms with Crippen molar-refractivity contribution >= 4 is 11.6 Å². The summed E-state index contributed by atoms with van der Waals surface area (Å²) in [7, 11) is 0. The van der Waals surface area contributed by atoms with E-state index < -0.39 is 17.5 Å². The number of carbonyl (C=O) groups excluding carboxylic acids is 1. The molecule has 0 bridgehead atoms. The molecule has 1 atom stereocenters. The largest absolute Gasteiger partial charge is 0.396 e. The molecule has 5 heteroatoms. The molecule has 0 aliphatic carbocycles. The van der Waals surface area contributed by atoms with E-state index in [2.05, 4.69) is 5.32 Å². The normalized spacial score (nSPS) is 12.2. The van der Waals surface area contributed by atoms with Gasteiger partial charge in [0, 0.05) is 12.1 Å². The van der Waals surface area contributed by atoms with Crippen molar-refractivity contribution in [2.45, 2.75) is 26.3 Å². The lowest BCUT2D eigenvalue weighted by atomic mass is 10.1. The zero-order chi connectivity index (χ0) is 12.3. The van der Waals surface area contributed by atoms with Gasteiger partial charge in [-0.15, -0.1) is 0 Å². The van der Waals surface area contributed by atoms with Crippen LogP contribution in [0.1, 0.15) is 30.6 Å². The minimum Gasteiger partial charge on any atom is -0.396 e. The summed E-state index contributed by atoms with van der Waals surface area (Å²) in [5, 5.41) is 2.58. The van der Waals surface area contributed by atoms with Gasteiger partial charge in [0.05, 0.1) is 11.3 Å². The van der Waals surface area contributed by atoms with Crippen LogP contribution in [-0.2, 0) is 0 Å². The van der Waals surface area contributed by atoms with E-state index in [4.69, 9.17) is 5.73 Å². The molecule has 0 saturated heterocycles. The molecule has 0 aromatic heterocycles. The van der Waals surface area contributed by atoms with E-state index >= 15 is 0 Å². The molecule has 1 amide bonds. The van der Waals surface area contributed by atoms with Crippen molar-refractivity contribution in [1.82, 2.24) is 5.32 Å². The molecule has 0 aliphatic heterocycles. The molecular weight excluding hydrogens is 214 g/mol. The van der Waals surface area contributed by atoms with Gasteiger partial charge in [-0.25, -0.2) is 8.78 Å². The first-order chi connectivity index (χ1) is 7.45. The van der Waals surface area contributed by atoms with Crippen LogP contribution in [0, 0.1) is 11.6 Å². The number of hydrogen-bond donors (Lipinski definition) is 2. The number of amides is 1. The molecule has 3 N–H and O–H groups in total. The fraction of sp³-hybridized carbons (Fsp3) is 0.364. The van der Waals surface area contributed by atoms with Gasteiger partial charge < -0.3 is 11.1 Å². The zero-order valence-corrected chi connectivity index (χ0v) is 9.18. The van der Waals surface area contributed by atoms with Gasteiger partial charge in [-0.3, -0.25) is 4.79 Å². The van der Waals surface area contributed by atoms with Crippen molar-refractivity contribution in [3.8, 4) is 0 Å². The lowest BCUT2D eigenvalue weighted by molar-refractivity contribution is 0.0935. The monoisotopic (exact) mass is 228 g/mol. The predicted octanol–water partition coefficient (Wildman–Crippen LogP) is 2.08. The number of benzene rings is 1. The van der Waals surface area contributed by atoms with Gasteiger partial charge >= 0.3 is 0 Å². The Kier molecular flexibility index (Phi) is 3.82. The highest BCUT2D eigenvalue weighted by Crippen LogP contribution is 2.16. The highest BCUT2D eigenvalue weighted by atomic mass is 19.1. The Labute approximate surface area is 92.6 Å². The predicted molar refractivity (Wildman–Crippen MR) is 58.0 cm³/mol. The molecule has 0 heterocycles. The number of anilines is 1. The molecule has 88 valence electrons. The second-order valence-corrected chi connectivity index (χ2v) is 3.64. The van der Waals surface area contributed by atoms with Gasteiger partial charge in [-0.05, 0) is 19.4 Å². The van der Waals surface area contributed by atoms with E-state index in [9.17, 15) is 13.6 Å². The molecule has 0 saturated carbocycles. The molecule has 0 radical (unpaired) electrons. The molecule has 3 nitrogen and oxygen atoms in total. The topological polar surface area (TPSA) is 55.1 Å². The highest BCUT2D eigenvalue weighted by molar-refractivity contribution is 5.95. The first-order valence-electron chi connectivity index (χ1n) is 5.01. The average molecular weight is 228 g/mol. The van der Waals surface area contributed by atoms with E-state index in [-0.39, 0.29) is 17.3 Å². The number of halogens is 2. The van der Waals surface area contributed by atoms with Crippen LogP contribution in [0.25, 0.3) is 0 Å². The van der Waals surface area contributed by atoms with Crippen molar-refractivity contribution < 1.29 is 13.6 Å². The third-order valence-corrected chi connectivity index (χ3v) is 2.32. The highest BCUT2D eigenvalue weighted by Gasteiger charge is 2.15. The number of nitrogens with one attached hydrogen (secondary N) is 1. The zero-order valence-electron chi connectivity index (χ0n) is 9.18. The molecule has 16 heavy (non-hydrogen) atoms. The number of rotatable bonds is 3. The van der Waals surface area contributed by atoms with Crippen LogP contribution in [0.3, 0.4) is 0 Å². The summed E-state index contributed by atoms with van der Waals surface area (Å²) in [6.07, 6.45) is 0.726. The third kappa shape index (κ3) is 2.68. The third-order valence-electron chi connectivity index (χ3n) is 2.32. The molecular formula is C11H14F2N2O. The number of hydrogen-bond acceptors (Lipinski definition) is 2. The van der Waals surface area contributed by atoms with Gasteiger partial charge in [0.2, 0.25) is 0 Å². The van der Waals surface area contributed by atoms with E-state index in [0.717, 1.165) is 12.5 Å². The number of nitrogen functional groups attached to an aromatic ring is 1. The second kappa shape index (κ2) is 4.92. The van der Waals surface area contributed by atoms with E-state index in [0.29, 0.717) is 6.07 Å². The smallest absolute Gasteiger partial charge is 0.254 e. The average Bonchev–Trinajstić information content (AvgIpc) is 2.23. The van der Waals surface area contributed by atoms with Gasteiger partial charge in [-0.2, -0.15) is 0 Å². The standard InChI is InChI=1S/C11H14F2N2O/c1-3-6(2)15-11(16)7-4-10(14)9(13)5-8(7)12/h4-6H,3,14H2,1-2H3,(H,15,16). The molecule has 0 spiro atoms. The quantitative estimate of drug-likeness (QED) is 0.778. The van der Waals surface area contributed by atoms with Crippen molar-refractivity contribution in [2.75, 3.05) is 5.73 Å². The summed E-state index contributed by atoms with van der Waals surface area (Å²) in [5.74, 6) is -2.36. The summed E-state index contributed by atoms with van der Waals surface area (Å²) < 4.78 is 26.1. The second-order valence-electron chi connectivity index (χ2n) is 3.64. The Morgan fingerprint density at radius 1 is 1.44 bits per heavy atom. The van der Waals surface area contributed by atoms with Crippen LogP contribution in [0.4, 0.5) is 14.5 Å². The number of carbonyl (C=O) groups is 1. The fourth-order valence-corrected chi connectivity index (χ4v) is 1.14. The molecule has 0 fully saturated rings. The minimum absolute atomic E-state index is 0.0711. The van der Waals surface area contributed by atoms with Crippen LogP contribution < -0.4 is 11.1 Å². The summed E-state index contributed by atoms with van der Waals surface area (Å²) in [5.41, 5.74) is 4.79. The van der Waals surface area contributed by atoms with Crippen LogP contribution in [0.5, 0.6) is 0 Å². The Bertz CT molecular complexity index is 407. The Hall–Kier alpha value is -1.65. The lowest BCUT2D eigenvalue weighted by Gasteiger charge is -2.12. The minimum atomic E-state index is -0.910. The summed E-state index contributed by atoms with van der Waals surface area (Å²) in [6, 6.07) is 1.54. The summed E-state index contributed by atoms with van der Waals surface area (Å²) >= 11 is 0. The Balaban J connectivity index is 2.96. The summed E-state index contributed by atoms with van der Waals surface area (Å²) in [4.78, 5) is 11.6. The van der Waals surface area contributed by atoms with Crippen molar-refractivity contribution in [1.29, 1.82) is 0 Å². The maximum atomic E-state index is 13.3. The van der Waals surface area contributed by atoms with Crippen LogP contribution in [0.15, 0.2) is 12.1 Å². The van der Waals surface area contributed by atoms with E-state index in [1.165, 1.54) is 0 Å². The molecule has 1 unspecified atom stereocenters. The van der Waals surface area contributed by atoms with Crippen LogP contribution in [-0.4, -0.2) is 11.9 Å². The van der Waals surface area contributed by atoms with Gasteiger partial charge in [0.15, 0.2) is 0 Å². The molecule has 1 rings (SSSR count). The van der Waals surface area contributed by atoms with Crippen molar-refractivity contribution in [3.05, 3.63) is 29.3 Å². The fourth-order valence-electron chi connectivity index (χ4n) is 1.14. The number of nitrogens with two attached hydrogens (primary N) is 1. The molecule has 0 aliphatic rings. The SMILES string of the molecule is CCC(C)NC(=O)c1cc(N)c(F)cc1F. The Morgan fingerprint density at radius 3 is 2.62 bits per heavy atom. The molecule has 1 aromatic carbocycles. The van der Waals surface area contributed by atoms with E-state index in [1.54, 1.807) is 6.92 Å². The summed E-state index contributed by atoms with van der Waals surface area (Å²) in [6.45, 7) is 3.68. The van der Waals surface area contributed by atoms with Crippen LogP contribution >= 0.6 is 0 Å². The maximum absolute atomic E-state index is 13.3. The Morgan fingerprint density at radius 2 is 2.06 bits per heavy atom. The van der Waals surface area contributed by atoms with Crippen molar-refractivity contribution in [2.24, 2.45) is 0 Å². The van der Waals surface area contributed by atoms with Gasteiger partial charge in [-0.1, -0.05) is 6.92 Å².